The van der Waals surface area contributed by atoms with Crippen LogP contribution in [0.4, 0.5) is 10.5 Å². The van der Waals surface area contributed by atoms with Crippen LogP contribution in [-0.2, 0) is 0 Å². The van der Waals surface area contributed by atoms with E-state index in [0.717, 1.165) is 0 Å². The number of β-amino-alcohol motifs (C(OH)–C–C–N with tert-alkyl or cyclic N) is 1. The van der Waals surface area contributed by atoms with Gasteiger partial charge in [-0.2, -0.15) is 0 Å². The van der Waals surface area contributed by atoms with Crippen molar-refractivity contribution in [3.05, 3.63) is 29.3 Å². The average Bonchev–Trinajstić information content (AvgIpc) is 2.59. The molecule has 17 heavy (non-hydrogen) atoms. The Balaban J connectivity index is 1.98. The normalized spacial score (nSPS) is 23.8. The quantitative estimate of drug-likeness (QED) is 0.808. The van der Waals surface area contributed by atoms with E-state index in [4.69, 9.17) is 11.6 Å². The summed E-state index contributed by atoms with van der Waals surface area (Å²) in [5, 5.41) is 13.1. The van der Waals surface area contributed by atoms with Crippen LogP contribution in [0.3, 0.4) is 0 Å². The molecule has 4 nitrogen and oxygen atoms in total. The SMILES string of the molecule is CC1(O)CCN(C(=O)Nc2cccc(Cl)c2)C1. The van der Waals surface area contributed by atoms with Gasteiger partial charge in [-0.1, -0.05) is 17.7 Å². The lowest BCUT2D eigenvalue weighted by Crippen LogP contribution is -2.36. The monoisotopic (exact) mass is 254 g/mol. The van der Waals surface area contributed by atoms with Gasteiger partial charge < -0.3 is 15.3 Å². The highest BCUT2D eigenvalue weighted by Gasteiger charge is 2.33. The average molecular weight is 255 g/mol. The second kappa shape index (κ2) is 4.55. The standard InChI is InChI=1S/C12H15ClN2O2/c1-12(17)5-6-15(8-12)11(16)14-10-4-2-3-9(13)7-10/h2-4,7,17H,5-6,8H2,1H3,(H,14,16). The fraction of sp³-hybridized carbons (Fsp3) is 0.417. The second-order valence-electron chi connectivity index (χ2n) is 4.61. The Morgan fingerprint density at radius 2 is 2.35 bits per heavy atom. The molecule has 1 heterocycles. The molecule has 2 rings (SSSR count). The number of nitrogens with one attached hydrogen (secondary N) is 1. The van der Waals surface area contributed by atoms with E-state index in [-0.39, 0.29) is 6.03 Å². The van der Waals surface area contributed by atoms with Crippen molar-refractivity contribution in [1.29, 1.82) is 0 Å². The van der Waals surface area contributed by atoms with Gasteiger partial charge in [0.15, 0.2) is 0 Å². The Hall–Kier alpha value is -1.26. The van der Waals surface area contributed by atoms with Gasteiger partial charge in [-0.15, -0.1) is 0 Å². The molecular weight excluding hydrogens is 240 g/mol. The largest absolute Gasteiger partial charge is 0.388 e. The number of nitrogens with zero attached hydrogens (tertiary/aromatic N) is 1. The highest BCUT2D eigenvalue weighted by atomic mass is 35.5. The molecular formula is C12H15ClN2O2. The molecule has 1 fully saturated rings. The molecule has 0 spiro atoms. The summed E-state index contributed by atoms with van der Waals surface area (Å²) in [6, 6.07) is 6.78. The fourth-order valence-electron chi connectivity index (χ4n) is 1.89. The summed E-state index contributed by atoms with van der Waals surface area (Å²) in [4.78, 5) is 13.5. The molecule has 92 valence electrons. The molecule has 0 saturated carbocycles. The van der Waals surface area contributed by atoms with Crippen LogP contribution >= 0.6 is 11.6 Å². The van der Waals surface area contributed by atoms with Crippen molar-refractivity contribution >= 4 is 23.3 Å². The lowest BCUT2D eigenvalue weighted by molar-refractivity contribution is 0.0727. The van der Waals surface area contributed by atoms with Crippen molar-refractivity contribution in [1.82, 2.24) is 4.90 Å². The first kappa shape index (κ1) is 12.2. The summed E-state index contributed by atoms with van der Waals surface area (Å²) in [5.41, 5.74) is -0.111. The number of urea groups is 1. The first-order valence-corrected chi connectivity index (χ1v) is 5.88. The minimum absolute atomic E-state index is 0.204. The number of likely N-dealkylation sites (tertiary alicyclic amines) is 1. The maximum atomic E-state index is 11.9. The summed E-state index contributed by atoms with van der Waals surface area (Å²) < 4.78 is 0. The molecule has 0 aliphatic carbocycles. The molecule has 1 aromatic carbocycles. The van der Waals surface area contributed by atoms with Gasteiger partial charge in [0, 0.05) is 17.3 Å². The van der Waals surface area contributed by atoms with Crippen molar-refractivity contribution in [2.45, 2.75) is 18.9 Å². The minimum atomic E-state index is -0.772. The Bertz CT molecular complexity index is 434. The fourth-order valence-corrected chi connectivity index (χ4v) is 2.08. The van der Waals surface area contributed by atoms with E-state index in [1.807, 2.05) is 0 Å². The molecule has 1 atom stereocenters. The van der Waals surface area contributed by atoms with E-state index in [1.54, 1.807) is 36.1 Å². The number of hydrogen-bond donors (Lipinski definition) is 2. The van der Waals surface area contributed by atoms with Gasteiger partial charge in [0.1, 0.15) is 0 Å². The van der Waals surface area contributed by atoms with Crippen molar-refractivity contribution in [2.24, 2.45) is 0 Å². The lowest BCUT2D eigenvalue weighted by atomic mass is 10.1. The molecule has 1 saturated heterocycles. The van der Waals surface area contributed by atoms with E-state index in [1.165, 1.54) is 0 Å². The van der Waals surface area contributed by atoms with Crippen LogP contribution in [0.2, 0.25) is 5.02 Å². The third-order valence-corrected chi connectivity index (χ3v) is 3.05. The van der Waals surface area contributed by atoms with E-state index in [2.05, 4.69) is 5.32 Å². The number of amides is 2. The van der Waals surface area contributed by atoms with Crippen molar-refractivity contribution in [3.63, 3.8) is 0 Å². The van der Waals surface area contributed by atoms with E-state index >= 15 is 0 Å². The number of hydrogen-bond acceptors (Lipinski definition) is 2. The lowest BCUT2D eigenvalue weighted by Gasteiger charge is -2.19. The first-order chi connectivity index (χ1) is 7.96. The highest BCUT2D eigenvalue weighted by molar-refractivity contribution is 6.30. The van der Waals surface area contributed by atoms with Gasteiger partial charge in [-0.25, -0.2) is 4.79 Å². The van der Waals surface area contributed by atoms with Crippen molar-refractivity contribution in [3.8, 4) is 0 Å². The first-order valence-electron chi connectivity index (χ1n) is 5.50. The zero-order chi connectivity index (χ0) is 12.5. The van der Waals surface area contributed by atoms with Crippen LogP contribution in [0.5, 0.6) is 0 Å². The zero-order valence-corrected chi connectivity index (χ0v) is 10.4. The summed E-state index contributed by atoms with van der Waals surface area (Å²) in [7, 11) is 0. The van der Waals surface area contributed by atoms with Gasteiger partial charge in [0.2, 0.25) is 0 Å². The Labute approximate surface area is 105 Å². The third kappa shape index (κ3) is 3.11. The van der Waals surface area contributed by atoms with Crippen LogP contribution in [-0.4, -0.2) is 34.7 Å². The van der Waals surface area contributed by atoms with Crippen LogP contribution in [0.25, 0.3) is 0 Å². The van der Waals surface area contributed by atoms with Crippen LogP contribution in [0.15, 0.2) is 24.3 Å². The van der Waals surface area contributed by atoms with E-state index < -0.39 is 5.60 Å². The predicted octanol–water partition coefficient (Wildman–Crippen LogP) is 2.33. The molecule has 0 bridgehead atoms. The van der Waals surface area contributed by atoms with Crippen LogP contribution in [0, 0.1) is 0 Å². The molecule has 1 aromatic rings. The van der Waals surface area contributed by atoms with Crippen molar-refractivity contribution < 1.29 is 9.90 Å². The number of rotatable bonds is 1. The van der Waals surface area contributed by atoms with Gasteiger partial charge in [0.05, 0.1) is 12.1 Å². The number of benzene rings is 1. The summed E-state index contributed by atoms with van der Waals surface area (Å²) in [6.07, 6.45) is 0.607. The molecule has 1 aliphatic rings. The van der Waals surface area contributed by atoms with Gasteiger partial charge in [-0.3, -0.25) is 0 Å². The molecule has 0 radical (unpaired) electrons. The van der Waals surface area contributed by atoms with Crippen molar-refractivity contribution in [2.75, 3.05) is 18.4 Å². The summed E-state index contributed by atoms with van der Waals surface area (Å²) in [6.45, 7) is 2.67. The van der Waals surface area contributed by atoms with Gasteiger partial charge in [0.25, 0.3) is 0 Å². The van der Waals surface area contributed by atoms with Gasteiger partial charge >= 0.3 is 6.03 Å². The van der Waals surface area contributed by atoms with E-state index in [9.17, 15) is 9.90 Å². The number of carbonyl (C=O) groups is 1. The van der Waals surface area contributed by atoms with Crippen LogP contribution in [0.1, 0.15) is 13.3 Å². The summed E-state index contributed by atoms with van der Waals surface area (Å²) >= 11 is 5.83. The topological polar surface area (TPSA) is 52.6 Å². The maximum absolute atomic E-state index is 11.9. The molecule has 5 heteroatoms. The zero-order valence-electron chi connectivity index (χ0n) is 9.61. The Morgan fingerprint density at radius 3 is 2.94 bits per heavy atom. The number of aliphatic hydroxyl groups is 1. The Kier molecular flexibility index (Phi) is 3.26. The molecule has 1 unspecified atom stereocenters. The number of anilines is 1. The Morgan fingerprint density at radius 1 is 1.59 bits per heavy atom. The molecule has 2 N–H and O–H groups in total. The number of carbonyl (C=O) groups excluding carboxylic acids is 1. The number of halogens is 1. The smallest absolute Gasteiger partial charge is 0.321 e. The maximum Gasteiger partial charge on any atom is 0.321 e. The van der Waals surface area contributed by atoms with E-state index in [0.29, 0.717) is 30.2 Å². The third-order valence-electron chi connectivity index (χ3n) is 2.81. The molecule has 2 amide bonds. The second-order valence-corrected chi connectivity index (χ2v) is 5.05. The molecule has 1 aliphatic heterocycles. The van der Waals surface area contributed by atoms with Gasteiger partial charge in [-0.05, 0) is 31.5 Å². The molecule has 0 aromatic heterocycles. The minimum Gasteiger partial charge on any atom is -0.388 e. The predicted molar refractivity (Wildman–Crippen MR) is 67.3 cm³/mol. The van der Waals surface area contributed by atoms with Crippen LogP contribution < -0.4 is 5.32 Å². The summed E-state index contributed by atoms with van der Waals surface area (Å²) in [5.74, 6) is 0. The highest BCUT2D eigenvalue weighted by Crippen LogP contribution is 2.21.